The minimum atomic E-state index is -0.119. The molecule has 0 bridgehead atoms. The molecule has 1 heterocycles. The number of anilines is 1. The van der Waals surface area contributed by atoms with Crippen LogP contribution in [0.5, 0.6) is 0 Å². The first-order valence-electron chi connectivity index (χ1n) is 5.96. The summed E-state index contributed by atoms with van der Waals surface area (Å²) in [6.07, 6.45) is 0.661. The molecule has 0 saturated carbocycles. The van der Waals surface area contributed by atoms with E-state index in [1.807, 2.05) is 37.3 Å². The molecule has 0 aliphatic carbocycles. The third-order valence-corrected chi connectivity index (χ3v) is 3.28. The van der Waals surface area contributed by atoms with Crippen LogP contribution in [0.25, 0.3) is 21.7 Å². The van der Waals surface area contributed by atoms with Crippen molar-refractivity contribution in [3.8, 4) is 0 Å². The zero-order chi connectivity index (χ0) is 13.4. The third kappa shape index (κ3) is 1.78. The van der Waals surface area contributed by atoms with E-state index in [0.717, 1.165) is 32.9 Å². The third-order valence-electron chi connectivity index (χ3n) is 3.28. The van der Waals surface area contributed by atoms with Crippen LogP contribution >= 0.6 is 0 Å². The van der Waals surface area contributed by atoms with Crippen molar-refractivity contribution < 1.29 is 4.79 Å². The number of carbonyl (C=O) groups excluding carboxylic acids is 1. The highest BCUT2D eigenvalue weighted by Crippen LogP contribution is 2.31. The maximum absolute atomic E-state index is 11.6. The van der Waals surface area contributed by atoms with Gasteiger partial charge < -0.3 is 10.3 Å². The highest BCUT2D eigenvalue weighted by Gasteiger charge is 2.08. The Bertz CT molecular complexity index is 850. The summed E-state index contributed by atoms with van der Waals surface area (Å²) < 4.78 is 0. The average molecular weight is 252 g/mol. The van der Waals surface area contributed by atoms with E-state index in [4.69, 9.17) is 0 Å². The number of nitrogens with one attached hydrogen (secondary N) is 2. The van der Waals surface area contributed by atoms with E-state index in [-0.39, 0.29) is 5.56 Å². The van der Waals surface area contributed by atoms with Crippen LogP contribution in [0.3, 0.4) is 0 Å². The largest absolute Gasteiger partial charge is 0.328 e. The van der Waals surface area contributed by atoms with E-state index in [9.17, 15) is 9.59 Å². The molecule has 0 radical (unpaired) electrons. The molecule has 1 aromatic heterocycles. The normalized spacial score (nSPS) is 10.8. The molecule has 4 nitrogen and oxygen atoms in total. The second-order valence-corrected chi connectivity index (χ2v) is 4.47. The second-order valence-electron chi connectivity index (χ2n) is 4.47. The molecule has 0 spiro atoms. The first-order chi connectivity index (χ1) is 9.20. The van der Waals surface area contributed by atoms with Crippen molar-refractivity contribution in [2.75, 3.05) is 5.32 Å². The van der Waals surface area contributed by atoms with Crippen LogP contribution < -0.4 is 10.9 Å². The molecule has 19 heavy (non-hydrogen) atoms. The van der Waals surface area contributed by atoms with Crippen LogP contribution in [0, 0.1) is 6.92 Å². The molecule has 0 aliphatic heterocycles. The predicted octanol–water partition coefficient (Wildman–Crippen LogP) is 2.56. The van der Waals surface area contributed by atoms with Gasteiger partial charge in [0.15, 0.2) is 0 Å². The van der Waals surface area contributed by atoms with Gasteiger partial charge >= 0.3 is 0 Å². The minimum absolute atomic E-state index is 0.119. The van der Waals surface area contributed by atoms with Gasteiger partial charge in [0, 0.05) is 27.9 Å². The standard InChI is InChI=1S/C15H12N2O2/c1-9-6-14(19)17-15-11-5-3-2-4-10(11)13(16-8-18)7-12(9)15/h2-8H,1H3,(H,16,18)(H,17,19). The molecule has 1 amide bonds. The molecule has 2 N–H and O–H groups in total. The van der Waals surface area contributed by atoms with Crippen LogP contribution in [0.1, 0.15) is 5.56 Å². The number of aryl methyl sites for hydroxylation is 1. The van der Waals surface area contributed by atoms with Crippen molar-refractivity contribution in [1.29, 1.82) is 0 Å². The van der Waals surface area contributed by atoms with Gasteiger partial charge in [-0.2, -0.15) is 0 Å². The van der Waals surface area contributed by atoms with Crippen LogP contribution in [0.15, 0.2) is 41.2 Å². The molecule has 0 unspecified atom stereocenters. The number of pyridine rings is 1. The Morgan fingerprint density at radius 2 is 1.84 bits per heavy atom. The molecule has 0 fully saturated rings. The first-order valence-corrected chi connectivity index (χ1v) is 5.96. The first kappa shape index (κ1) is 11.5. The highest BCUT2D eigenvalue weighted by molar-refractivity contribution is 6.13. The van der Waals surface area contributed by atoms with E-state index in [1.54, 1.807) is 6.07 Å². The van der Waals surface area contributed by atoms with E-state index >= 15 is 0 Å². The van der Waals surface area contributed by atoms with Crippen molar-refractivity contribution in [2.24, 2.45) is 0 Å². The molecule has 0 saturated heterocycles. The lowest BCUT2D eigenvalue weighted by Gasteiger charge is -2.10. The summed E-state index contributed by atoms with van der Waals surface area (Å²) in [4.78, 5) is 25.2. The average Bonchev–Trinajstić information content (AvgIpc) is 2.40. The van der Waals surface area contributed by atoms with E-state index in [1.165, 1.54) is 0 Å². The molecule has 3 rings (SSSR count). The van der Waals surface area contributed by atoms with Gasteiger partial charge in [-0.15, -0.1) is 0 Å². The molecule has 2 aromatic carbocycles. The minimum Gasteiger partial charge on any atom is -0.328 e. The van der Waals surface area contributed by atoms with Gasteiger partial charge in [-0.1, -0.05) is 24.3 Å². The fourth-order valence-corrected chi connectivity index (χ4v) is 2.44. The Hall–Kier alpha value is -2.62. The number of H-pyrrole nitrogens is 1. The van der Waals surface area contributed by atoms with Gasteiger partial charge in [0.25, 0.3) is 0 Å². The zero-order valence-corrected chi connectivity index (χ0v) is 10.4. The summed E-state index contributed by atoms with van der Waals surface area (Å²) in [5.74, 6) is 0. The molecular formula is C15H12N2O2. The second kappa shape index (κ2) is 4.24. The molecule has 3 aromatic rings. The quantitative estimate of drug-likeness (QED) is 0.544. The van der Waals surface area contributed by atoms with Crippen LogP contribution in [-0.2, 0) is 4.79 Å². The Morgan fingerprint density at radius 3 is 2.58 bits per heavy atom. The van der Waals surface area contributed by atoms with Gasteiger partial charge in [-0.25, -0.2) is 0 Å². The summed E-state index contributed by atoms with van der Waals surface area (Å²) in [6, 6.07) is 11.1. The van der Waals surface area contributed by atoms with Crippen LogP contribution in [0.2, 0.25) is 0 Å². The van der Waals surface area contributed by atoms with E-state index in [2.05, 4.69) is 10.3 Å². The SMILES string of the molecule is Cc1cc(=O)[nH]c2c1cc(NC=O)c1ccccc12. The summed E-state index contributed by atoms with van der Waals surface area (Å²) in [5, 5.41) is 5.47. The Balaban J connectivity index is 2.57. The lowest BCUT2D eigenvalue weighted by molar-refractivity contribution is -0.105. The number of benzene rings is 2. The lowest BCUT2D eigenvalue weighted by Crippen LogP contribution is -2.06. The maximum atomic E-state index is 11.6. The summed E-state index contributed by atoms with van der Waals surface area (Å²) in [7, 11) is 0. The number of fused-ring (bicyclic) bond motifs is 3. The summed E-state index contributed by atoms with van der Waals surface area (Å²) in [5.41, 5.74) is 2.31. The topological polar surface area (TPSA) is 62.0 Å². The van der Waals surface area contributed by atoms with E-state index in [0.29, 0.717) is 6.41 Å². The summed E-state index contributed by atoms with van der Waals surface area (Å²) >= 11 is 0. The number of hydrogen-bond donors (Lipinski definition) is 2. The van der Waals surface area contributed by atoms with Gasteiger partial charge in [0.2, 0.25) is 12.0 Å². The predicted molar refractivity (Wildman–Crippen MR) is 76.5 cm³/mol. The number of hydrogen-bond acceptors (Lipinski definition) is 2. The van der Waals surface area contributed by atoms with Gasteiger partial charge in [-0.3, -0.25) is 9.59 Å². The van der Waals surface area contributed by atoms with Crippen molar-refractivity contribution in [1.82, 2.24) is 4.98 Å². The monoisotopic (exact) mass is 252 g/mol. The molecule has 0 aliphatic rings. The van der Waals surface area contributed by atoms with Gasteiger partial charge in [0.1, 0.15) is 0 Å². The fraction of sp³-hybridized carbons (Fsp3) is 0.0667. The lowest BCUT2D eigenvalue weighted by atomic mass is 10.0. The van der Waals surface area contributed by atoms with Gasteiger partial charge in [0.05, 0.1) is 5.52 Å². The number of rotatable bonds is 2. The highest BCUT2D eigenvalue weighted by atomic mass is 16.1. The number of aromatic amines is 1. The molecular weight excluding hydrogens is 240 g/mol. The molecule has 0 atom stereocenters. The van der Waals surface area contributed by atoms with Crippen molar-refractivity contribution in [3.05, 3.63) is 52.3 Å². The Labute approximate surface area is 109 Å². The Kier molecular flexibility index (Phi) is 2.56. The van der Waals surface area contributed by atoms with Crippen LogP contribution in [-0.4, -0.2) is 11.4 Å². The zero-order valence-electron chi connectivity index (χ0n) is 10.4. The molecule has 94 valence electrons. The maximum Gasteiger partial charge on any atom is 0.248 e. The Morgan fingerprint density at radius 1 is 1.11 bits per heavy atom. The van der Waals surface area contributed by atoms with Crippen molar-refractivity contribution in [3.63, 3.8) is 0 Å². The van der Waals surface area contributed by atoms with Gasteiger partial charge in [-0.05, 0) is 18.6 Å². The van der Waals surface area contributed by atoms with E-state index < -0.39 is 0 Å². The smallest absolute Gasteiger partial charge is 0.248 e. The number of aromatic nitrogens is 1. The van der Waals surface area contributed by atoms with Crippen molar-refractivity contribution in [2.45, 2.75) is 6.92 Å². The number of amides is 1. The van der Waals surface area contributed by atoms with Crippen molar-refractivity contribution >= 4 is 33.8 Å². The molecule has 4 heteroatoms. The summed E-state index contributed by atoms with van der Waals surface area (Å²) in [6.45, 7) is 1.89. The fourth-order valence-electron chi connectivity index (χ4n) is 2.44. The van der Waals surface area contributed by atoms with Crippen LogP contribution in [0.4, 0.5) is 5.69 Å². The number of carbonyl (C=O) groups is 1.